The van der Waals surface area contributed by atoms with Crippen molar-refractivity contribution in [2.75, 3.05) is 18.5 Å². The summed E-state index contributed by atoms with van der Waals surface area (Å²) >= 11 is 6.17. The molecule has 0 saturated carbocycles. The highest BCUT2D eigenvalue weighted by atomic mass is 35.5. The predicted octanol–water partition coefficient (Wildman–Crippen LogP) is 2.93. The summed E-state index contributed by atoms with van der Waals surface area (Å²) in [4.78, 5) is 6.03. The van der Waals surface area contributed by atoms with Gasteiger partial charge in [-0.15, -0.1) is 0 Å². The van der Waals surface area contributed by atoms with Crippen molar-refractivity contribution in [2.24, 2.45) is 0 Å². The SMILES string of the molecule is CN(CCCn1ccnc1)c1c(Cl)cccc1C#N. The van der Waals surface area contributed by atoms with E-state index < -0.39 is 0 Å². The molecule has 0 saturated heterocycles. The van der Waals surface area contributed by atoms with Gasteiger partial charge in [-0.2, -0.15) is 5.26 Å². The molecule has 2 aromatic rings. The summed E-state index contributed by atoms with van der Waals surface area (Å²) in [7, 11) is 1.95. The van der Waals surface area contributed by atoms with Crippen molar-refractivity contribution >= 4 is 17.3 Å². The summed E-state index contributed by atoms with van der Waals surface area (Å²) in [6.45, 7) is 1.73. The van der Waals surface area contributed by atoms with E-state index in [-0.39, 0.29) is 0 Å². The van der Waals surface area contributed by atoms with Gasteiger partial charge in [-0.25, -0.2) is 4.98 Å². The first-order valence-corrected chi connectivity index (χ1v) is 6.45. The number of aryl methyl sites for hydroxylation is 1. The number of anilines is 1. The van der Waals surface area contributed by atoms with Crippen LogP contribution in [-0.4, -0.2) is 23.1 Å². The summed E-state index contributed by atoms with van der Waals surface area (Å²) in [6.07, 6.45) is 6.47. The molecule has 0 fully saturated rings. The van der Waals surface area contributed by atoms with Gasteiger partial charge in [0.1, 0.15) is 6.07 Å². The lowest BCUT2D eigenvalue weighted by Crippen LogP contribution is -2.21. The third-order valence-corrected chi connectivity index (χ3v) is 3.26. The minimum Gasteiger partial charge on any atom is -0.372 e. The van der Waals surface area contributed by atoms with E-state index in [9.17, 15) is 0 Å². The Morgan fingerprint density at radius 3 is 3.00 bits per heavy atom. The number of para-hydroxylation sites is 1. The normalized spacial score (nSPS) is 10.2. The number of rotatable bonds is 5. The third kappa shape index (κ3) is 3.27. The van der Waals surface area contributed by atoms with Gasteiger partial charge in [0.25, 0.3) is 0 Å². The molecular weight excluding hydrogens is 260 g/mol. The molecule has 0 N–H and O–H groups in total. The van der Waals surface area contributed by atoms with Crippen LogP contribution in [0.1, 0.15) is 12.0 Å². The minimum absolute atomic E-state index is 0.609. The van der Waals surface area contributed by atoms with E-state index in [1.807, 2.05) is 28.8 Å². The molecule has 0 unspecified atom stereocenters. The molecule has 0 amide bonds. The van der Waals surface area contributed by atoms with Crippen LogP contribution < -0.4 is 4.90 Å². The van der Waals surface area contributed by atoms with Gasteiger partial charge in [-0.3, -0.25) is 0 Å². The van der Waals surface area contributed by atoms with Crippen LogP contribution in [0, 0.1) is 11.3 Å². The maximum Gasteiger partial charge on any atom is 0.101 e. The molecule has 0 bridgehead atoms. The summed E-state index contributed by atoms with van der Waals surface area (Å²) in [5, 5.41) is 9.73. The fourth-order valence-corrected chi connectivity index (χ4v) is 2.33. The zero-order valence-corrected chi connectivity index (χ0v) is 11.5. The van der Waals surface area contributed by atoms with Crippen LogP contribution in [0.2, 0.25) is 5.02 Å². The molecule has 1 heterocycles. The van der Waals surface area contributed by atoms with E-state index >= 15 is 0 Å². The summed E-state index contributed by atoms with van der Waals surface area (Å²) < 4.78 is 2.03. The Morgan fingerprint density at radius 1 is 1.47 bits per heavy atom. The lowest BCUT2D eigenvalue weighted by molar-refractivity contribution is 0.637. The van der Waals surface area contributed by atoms with Gasteiger partial charge in [-0.1, -0.05) is 17.7 Å². The Bertz CT molecular complexity index is 572. The Labute approximate surface area is 117 Å². The van der Waals surface area contributed by atoms with E-state index in [0.717, 1.165) is 25.2 Å². The van der Waals surface area contributed by atoms with Crippen molar-refractivity contribution in [2.45, 2.75) is 13.0 Å². The molecule has 0 aliphatic rings. The maximum atomic E-state index is 9.12. The number of nitriles is 1. The molecule has 5 heteroatoms. The van der Waals surface area contributed by atoms with Gasteiger partial charge in [-0.05, 0) is 18.6 Å². The van der Waals surface area contributed by atoms with Gasteiger partial charge in [0.2, 0.25) is 0 Å². The lowest BCUT2D eigenvalue weighted by Gasteiger charge is -2.21. The van der Waals surface area contributed by atoms with Crippen molar-refractivity contribution in [1.82, 2.24) is 9.55 Å². The Kier molecular flexibility index (Phi) is 4.43. The molecule has 2 rings (SSSR count). The van der Waals surface area contributed by atoms with E-state index in [4.69, 9.17) is 16.9 Å². The number of hydrogen-bond donors (Lipinski definition) is 0. The second-order valence-corrected chi connectivity index (χ2v) is 4.73. The van der Waals surface area contributed by atoms with E-state index in [1.54, 1.807) is 24.7 Å². The summed E-state index contributed by atoms with van der Waals surface area (Å²) in [6, 6.07) is 7.57. The topological polar surface area (TPSA) is 44.9 Å². The van der Waals surface area contributed by atoms with Crippen molar-refractivity contribution in [1.29, 1.82) is 5.26 Å². The van der Waals surface area contributed by atoms with E-state index in [1.165, 1.54) is 0 Å². The molecule has 1 aromatic carbocycles. The molecule has 4 nitrogen and oxygen atoms in total. The van der Waals surface area contributed by atoms with Gasteiger partial charge in [0.05, 0.1) is 22.6 Å². The van der Waals surface area contributed by atoms with Crippen molar-refractivity contribution in [3.8, 4) is 6.07 Å². The van der Waals surface area contributed by atoms with Crippen LogP contribution in [0.15, 0.2) is 36.9 Å². The van der Waals surface area contributed by atoms with Crippen molar-refractivity contribution in [3.05, 3.63) is 47.5 Å². The fraction of sp³-hybridized carbons (Fsp3) is 0.286. The molecule has 0 radical (unpaired) electrons. The van der Waals surface area contributed by atoms with Crippen molar-refractivity contribution in [3.63, 3.8) is 0 Å². The Morgan fingerprint density at radius 2 is 2.32 bits per heavy atom. The number of aromatic nitrogens is 2. The van der Waals surface area contributed by atoms with E-state index in [2.05, 4.69) is 11.1 Å². The Balaban J connectivity index is 2.00. The number of hydrogen-bond acceptors (Lipinski definition) is 3. The number of benzene rings is 1. The van der Waals surface area contributed by atoms with Gasteiger partial charge in [0.15, 0.2) is 0 Å². The second kappa shape index (κ2) is 6.26. The molecule has 0 aliphatic carbocycles. The molecule has 0 aliphatic heterocycles. The van der Waals surface area contributed by atoms with Crippen LogP contribution in [0.3, 0.4) is 0 Å². The first-order valence-electron chi connectivity index (χ1n) is 6.08. The number of nitrogens with zero attached hydrogens (tertiary/aromatic N) is 4. The maximum absolute atomic E-state index is 9.12. The van der Waals surface area contributed by atoms with Crippen molar-refractivity contribution < 1.29 is 0 Å². The molecule has 0 atom stereocenters. The van der Waals surface area contributed by atoms with Crippen LogP contribution in [0.25, 0.3) is 0 Å². The van der Waals surface area contributed by atoms with E-state index in [0.29, 0.717) is 10.6 Å². The largest absolute Gasteiger partial charge is 0.372 e. The highest BCUT2D eigenvalue weighted by Gasteiger charge is 2.11. The monoisotopic (exact) mass is 274 g/mol. The average Bonchev–Trinajstić information content (AvgIpc) is 2.91. The van der Waals surface area contributed by atoms with Crippen LogP contribution in [-0.2, 0) is 6.54 Å². The minimum atomic E-state index is 0.609. The third-order valence-electron chi connectivity index (χ3n) is 2.96. The number of imidazole rings is 1. The van der Waals surface area contributed by atoms with Gasteiger partial charge in [0, 0.05) is 32.5 Å². The van der Waals surface area contributed by atoms with Gasteiger partial charge >= 0.3 is 0 Å². The summed E-state index contributed by atoms with van der Waals surface area (Å²) in [5.74, 6) is 0. The van der Waals surface area contributed by atoms with Crippen LogP contribution >= 0.6 is 11.6 Å². The average molecular weight is 275 g/mol. The second-order valence-electron chi connectivity index (χ2n) is 4.32. The molecule has 19 heavy (non-hydrogen) atoms. The lowest BCUT2D eigenvalue weighted by atomic mass is 10.1. The smallest absolute Gasteiger partial charge is 0.101 e. The highest BCUT2D eigenvalue weighted by Crippen LogP contribution is 2.28. The highest BCUT2D eigenvalue weighted by molar-refractivity contribution is 6.33. The quantitative estimate of drug-likeness (QED) is 0.842. The first kappa shape index (κ1) is 13.4. The zero-order valence-electron chi connectivity index (χ0n) is 10.8. The standard InChI is InChI=1S/C14H15ClN4/c1-18(7-3-8-19-9-6-17-11-19)14-12(10-16)4-2-5-13(14)15/h2,4-6,9,11H,3,7-8H2,1H3. The Hall–Kier alpha value is -1.99. The zero-order chi connectivity index (χ0) is 13.7. The fourth-order valence-electron chi connectivity index (χ4n) is 2.01. The molecule has 1 aromatic heterocycles. The van der Waals surface area contributed by atoms with Gasteiger partial charge < -0.3 is 9.47 Å². The van der Waals surface area contributed by atoms with Crippen LogP contribution in [0.4, 0.5) is 5.69 Å². The molecular formula is C14H15ClN4. The predicted molar refractivity (Wildman–Crippen MR) is 76.3 cm³/mol. The molecule has 0 spiro atoms. The summed E-state index contributed by atoms with van der Waals surface area (Å²) in [5.41, 5.74) is 1.41. The number of halogens is 1. The molecule has 98 valence electrons. The van der Waals surface area contributed by atoms with Crippen LogP contribution in [0.5, 0.6) is 0 Å². The first-order chi connectivity index (χ1) is 9.22.